The summed E-state index contributed by atoms with van der Waals surface area (Å²) in [5, 5.41) is 0.194. The standard InChI is InChI=1S/C5H12.CH2Cl2.H2O/c1-3-5-4-2;2-1-3;/h3-5H2,1-2H3;1H2;1H2. The molecule has 2 N–H and O–H groups in total. The van der Waals surface area contributed by atoms with Crippen molar-refractivity contribution in [1.82, 2.24) is 0 Å². The fourth-order valence-corrected chi connectivity index (χ4v) is 0.354. The highest BCUT2D eigenvalue weighted by molar-refractivity contribution is 6.40. The van der Waals surface area contributed by atoms with Crippen LogP contribution in [0.4, 0.5) is 0 Å². The van der Waals surface area contributed by atoms with Gasteiger partial charge in [-0.05, 0) is 0 Å². The first kappa shape index (κ1) is 16.3. The fourth-order valence-electron chi connectivity index (χ4n) is 0.354. The van der Waals surface area contributed by atoms with Crippen LogP contribution in [-0.2, 0) is 0 Å². The zero-order valence-electron chi connectivity index (χ0n) is 6.08. The van der Waals surface area contributed by atoms with E-state index in [0.29, 0.717) is 0 Å². The first-order chi connectivity index (χ1) is 3.83. The summed E-state index contributed by atoms with van der Waals surface area (Å²) in [5.41, 5.74) is 0. The van der Waals surface area contributed by atoms with Gasteiger partial charge in [0.15, 0.2) is 0 Å². The third kappa shape index (κ3) is 56.6. The molecule has 1 nitrogen and oxygen atoms in total. The normalized spacial score (nSPS) is 6.67. The molecule has 0 aliphatic rings. The third-order valence-electron chi connectivity index (χ3n) is 0.707. The van der Waals surface area contributed by atoms with E-state index in [-0.39, 0.29) is 10.8 Å². The van der Waals surface area contributed by atoms with Crippen LogP contribution in [0.25, 0.3) is 0 Å². The molecule has 0 spiro atoms. The molecule has 0 heterocycles. The van der Waals surface area contributed by atoms with Gasteiger partial charge in [-0.1, -0.05) is 33.1 Å². The third-order valence-corrected chi connectivity index (χ3v) is 0.707. The van der Waals surface area contributed by atoms with Crippen LogP contribution >= 0.6 is 23.2 Å². The summed E-state index contributed by atoms with van der Waals surface area (Å²) in [6.07, 6.45) is 4.08. The predicted octanol–water partition coefficient (Wildman–Crippen LogP) is 2.79. The lowest BCUT2D eigenvalue weighted by molar-refractivity contribution is 0.772. The SMILES string of the molecule is CCCCC.ClCCl.O. The van der Waals surface area contributed by atoms with E-state index in [9.17, 15) is 0 Å². The topological polar surface area (TPSA) is 31.5 Å². The zero-order chi connectivity index (χ0) is 6.83. The van der Waals surface area contributed by atoms with Gasteiger partial charge in [-0.15, -0.1) is 23.2 Å². The smallest absolute Gasteiger partial charge is 0.0967 e. The molecule has 0 aliphatic heterocycles. The Morgan fingerprint density at radius 1 is 1.00 bits per heavy atom. The molecule has 0 radical (unpaired) electrons. The summed E-state index contributed by atoms with van der Waals surface area (Å²) in [4.78, 5) is 0. The second kappa shape index (κ2) is 23.6. The average Bonchev–Trinajstić information content (AvgIpc) is 1.71. The van der Waals surface area contributed by atoms with Gasteiger partial charge in [-0.2, -0.15) is 0 Å². The Bertz CT molecular complexity index is 25.0. The second-order valence-electron chi connectivity index (χ2n) is 1.45. The van der Waals surface area contributed by atoms with Gasteiger partial charge in [0, 0.05) is 0 Å². The predicted molar refractivity (Wildman–Crippen MR) is 45.4 cm³/mol. The van der Waals surface area contributed by atoms with Crippen molar-refractivity contribution in [2.75, 3.05) is 5.34 Å². The molecule has 0 saturated heterocycles. The number of rotatable bonds is 2. The van der Waals surface area contributed by atoms with E-state index in [2.05, 4.69) is 13.8 Å². The molecule has 0 aromatic carbocycles. The van der Waals surface area contributed by atoms with Crippen LogP contribution in [0.5, 0.6) is 0 Å². The van der Waals surface area contributed by atoms with Crippen molar-refractivity contribution in [2.24, 2.45) is 0 Å². The minimum absolute atomic E-state index is 0. The molecule has 0 unspecified atom stereocenters. The molecular weight excluding hydrogens is 159 g/mol. The fraction of sp³-hybridized carbons (Fsp3) is 1.00. The number of halogens is 2. The highest BCUT2D eigenvalue weighted by Crippen LogP contribution is 1.88. The largest absolute Gasteiger partial charge is 0.412 e. The monoisotopic (exact) mass is 174 g/mol. The summed E-state index contributed by atoms with van der Waals surface area (Å²) in [6.45, 7) is 4.42. The summed E-state index contributed by atoms with van der Waals surface area (Å²) >= 11 is 9.53. The van der Waals surface area contributed by atoms with Gasteiger partial charge in [0.2, 0.25) is 0 Å². The Hall–Kier alpha value is 0.540. The van der Waals surface area contributed by atoms with Gasteiger partial charge >= 0.3 is 0 Å². The molecule has 9 heavy (non-hydrogen) atoms. The molecule has 0 rings (SSSR count). The summed E-state index contributed by atoms with van der Waals surface area (Å²) in [5.74, 6) is 0. The van der Waals surface area contributed by atoms with E-state index in [1.807, 2.05) is 0 Å². The Labute approximate surface area is 67.7 Å². The van der Waals surface area contributed by atoms with E-state index in [1.165, 1.54) is 19.3 Å². The van der Waals surface area contributed by atoms with Gasteiger partial charge < -0.3 is 5.48 Å². The van der Waals surface area contributed by atoms with Crippen LogP contribution in [-0.4, -0.2) is 10.8 Å². The van der Waals surface area contributed by atoms with Crippen molar-refractivity contribution in [2.45, 2.75) is 33.1 Å². The lowest BCUT2D eigenvalue weighted by Crippen LogP contribution is -1.59. The lowest BCUT2D eigenvalue weighted by atomic mass is 10.3. The van der Waals surface area contributed by atoms with Crippen molar-refractivity contribution in [1.29, 1.82) is 0 Å². The van der Waals surface area contributed by atoms with Gasteiger partial charge in [-0.3, -0.25) is 0 Å². The molecule has 0 saturated carbocycles. The molecular formula is C6H16Cl2O. The van der Waals surface area contributed by atoms with Crippen molar-refractivity contribution >= 4 is 23.2 Å². The van der Waals surface area contributed by atoms with E-state index in [1.54, 1.807) is 0 Å². The molecule has 0 fully saturated rings. The van der Waals surface area contributed by atoms with Crippen molar-refractivity contribution in [3.8, 4) is 0 Å². The first-order valence-corrected chi connectivity index (χ1v) is 4.02. The summed E-state index contributed by atoms with van der Waals surface area (Å²) < 4.78 is 0. The maximum atomic E-state index is 4.76. The molecule has 3 heteroatoms. The van der Waals surface area contributed by atoms with Gasteiger partial charge in [0.25, 0.3) is 0 Å². The Kier molecular flexibility index (Phi) is 42.6. The van der Waals surface area contributed by atoms with E-state index >= 15 is 0 Å². The van der Waals surface area contributed by atoms with Gasteiger partial charge in [0.05, 0.1) is 5.34 Å². The molecule has 0 bridgehead atoms. The quantitative estimate of drug-likeness (QED) is 0.578. The minimum atomic E-state index is 0. The number of alkyl halides is 2. The molecule has 0 aliphatic carbocycles. The highest BCUT2D eigenvalue weighted by Gasteiger charge is 1.68. The van der Waals surface area contributed by atoms with Crippen molar-refractivity contribution in [3.05, 3.63) is 0 Å². The maximum Gasteiger partial charge on any atom is 0.0967 e. The maximum absolute atomic E-state index is 4.76. The number of unbranched alkanes of at least 4 members (excludes halogenated alkanes) is 2. The number of hydrogen-bond donors (Lipinski definition) is 0. The Balaban J connectivity index is -0.0000000800. The Morgan fingerprint density at radius 3 is 1.22 bits per heavy atom. The van der Waals surface area contributed by atoms with Crippen molar-refractivity contribution in [3.63, 3.8) is 0 Å². The molecule has 0 amide bonds. The summed E-state index contributed by atoms with van der Waals surface area (Å²) in [7, 11) is 0. The van der Waals surface area contributed by atoms with E-state index in [4.69, 9.17) is 23.2 Å². The van der Waals surface area contributed by atoms with E-state index < -0.39 is 0 Å². The van der Waals surface area contributed by atoms with Crippen LogP contribution in [0.3, 0.4) is 0 Å². The zero-order valence-corrected chi connectivity index (χ0v) is 7.60. The molecule has 60 valence electrons. The van der Waals surface area contributed by atoms with Crippen LogP contribution < -0.4 is 0 Å². The van der Waals surface area contributed by atoms with Crippen molar-refractivity contribution < 1.29 is 5.48 Å². The average molecular weight is 175 g/mol. The summed E-state index contributed by atoms with van der Waals surface area (Å²) in [6, 6.07) is 0. The van der Waals surface area contributed by atoms with Crippen LogP contribution in [0.2, 0.25) is 0 Å². The number of hydrogen-bond acceptors (Lipinski definition) is 0. The first-order valence-electron chi connectivity index (χ1n) is 2.95. The minimum Gasteiger partial charge on any atom is -0.412 e. The molecule has 0 aromatic heterocycles. The molecule has 0 aromatic rings. The van der Waals surface area contributed by atoms with Crippen LogP contribution in [0.1, 0.15) is 33.1 Å². The van der Waals surface area contributed by atoms with Crippen LogP contribution in [0, 0.1) is 0 Å². The molecule has 0 atom stereocenters. The van der Waals surface area contributed by atoms with Gasteiger partial charge in [0.1, 0.15) is 0 Å². The van der Waals surface area contributed by atoms with Gasteiger partial charge in [-0.25, -0.2) is 0 Å². The Morgan fingerprint density at radius 2 is 1.22 bits per heavy atom. The van der Waals surface area contributed by atoms with E-state index in [0.717, 1.165) is 0 Å². The second-order valence-corrected chi connectivity index (χ2v) is 2.26. The van der Waals surface area contributed by atoms with Crippen LogP contribution in [0.15, 0.2) is 0 Å². The highest BCUT2D eigenvalue weighted by atomic mass is 35.5. The lowest BCUT2D eigenvalue weighted by Gasteiger charge is -1.79.